The fraction of sp³-hybridized carbons (Fsp3) is 0.500. The molecule has 1 aromatic carbocycles. The van der Waals surface area contributed by atoms with Crippen molar-refractivity contribution in [2.45, 2.75) is 39.9 Å². The number of aryl methyl sites for hydroxylation is 1. The number of amides is 1. The molecule has 0 aromatic heterocycles. The van der Waals surface area contributed by atoms with Crippen LogP contribution in [0.2, 0.25) is 0 Å². The lowest BCUT2D eigenvalue weighted by Crippen LogP contribution is -2.36. The molecule has 0 saturated carbocycles. The van der Waals surface area contributed by atoms with Gasteiger partial charge in [-0.05, 0) is 39.3 Å². The zero-order chi connectivity index (χ0) is 13.7. The van der Waals surface area contributed by atoms with Crippen molar-refractivity contribution in [2.75, 3.05) is 6.54 Å². The maximum absolute atomic E-state index is 11.6. The second kappa shape index (κ2) is 6.40. The van der Waals surface area contributed by atoms with Crippen molar-refractivity contribution in [1.82, 2.24) is 5.32 Å². The van der Waals surface area contributed by atoms with Crippen LogP contribution >= 0.6 is 0 Å². The summed E-state index contributed by atoms with van der Waals surface area (Å²) in [5, 5.41) is 12.4. The Hall–Kier alpha value is -1.55. The molecule has 4 nitrogen and oxygen atoms in total. The number of benzene rings is 1. The van der Waals surface area contributed by atoms with Crippen LogP contribution in [0.5, 0.6) is 5.75 Å². The van der Waals surface area contributed by atoms with Gasteiger partial charge in [0, 0.05) is 12.1 Å². The summed E-state index contributed by atoms with van der Waals surface area (Å²) in [6.45, 7) is 7.74. The molecule has 0 radical (unpaired) electrons. The number of aliphatic hydroxyl groups excluding tert-OH is 1. The summed E-state index contributed by atoms with van der Waals surface area (Å²) in [5.74, 6) is 0.402. The standard InChI is InChI=1S/C14H21NO3/c1-5-15-14(17)11(4)18-13-8-9(2)6-7-12(13)10(3)16/h6-8,10-11,16H,5H2,1-4H3,(H,15,17)/t10-,11?/m1/s1. The summed E-state index contributed by atoms with van der Waals surface area (Å²) in [4.78, 5) is 11.6. The van der Waals surface area contributed by atoms with Crippen LogP contribution in [0, 0.1) is 6.92 Å². The van der Waals surface area contributed by atoms with Gasteiger partial charge in [0.05, 0.1) is 6.10 Å². The third-order valence-electron chi connectivity index (χ3n) is 2.64. The predicted octanol–water partition coefficient (Wildman–Crippen LogP) is 1.95. The van der Waals surface area contributed by atoms with E-state index in [4.69, 9.17) is 4.74 Å². The molecule has 1 unspecified atom stereocenters. The Morgan fingerprint density at radius 2 is 2.11 bits per heavy atom. The molecular weight excluding hydrogens is 230 g/mol. The van der Waals surface area contributed by atoms with Crippen molar-refractivity contribution in [3.05, 3.63) is 29.3 Å². The topological polar surface area (TPSA) is 58.6 Å². The van der Waals surface area contributed by atoms with Crippen molar-refractivity contribution < 1.29 is 14.6 Å². The molecule has 0 aliphatic rings. The molecule has 0 bridgehead atoms. The summed E-state index contributed by atoms with van der Waals surface area (Å²) < 4.78 is 5.63. The molecule has 4 heteroatoms. The summed E-state index contributed by atoms with van der Waals surface area (Å²) >= 11 is 0. The van der Waals surface area contributed by atoms with E-state index in [0.29, 0.717) is 17.9 Å². The lowest BCUT2D eigenvalue weighted by molar-refractivity contribution is -0.127. The second-order valence-electron chi connectivity index (χ2n) is 4.37. The van der Waals surface area contributed by atoms with Crippen molar-refractivity contribution in [2.24, 2.45) is 0 Å². The molecule has 18 heavy (non-hydrogen) atoms. The Bertz CT molecular complexity index is 416. The van der Waals surface area contributed by atoms with Crippen LogP contribution in [0.15, 0.2) is 18.2 Å². The summed E-state index contributed by atoms with van der Waals surface area (Å²) in [6, 6.07) is 5.56. The first-order valence-electron chi connectivity index (χ1n) is 6.18. The number of likely N-dealkylation sites (N-methyl/N-ethyl adjacent to an activating group) is 1. The van der Waals surface area contributed by atoms with Gasteiger partial charge in [0.15, 0.2) is 6.10 Å². The molecule has 0 spiro atoms. The number of carbonyl (C=O) groups is 1. The van der Waals surface area contributed by atoms with Crippen molar-refractivity contribution >= 4 is 5.91 Å². The molecule has 0 aliphatic carbocycles. The molecule has 0 saturated heterocycles. The minimum Gasteiger partial charge on any atom is -0.481 e. The molecule has 0 aliphatic heterocycles. The van der Waals surface area contributed by atoms with Gasteiger partial charge in [-0.1, -0.05) is 12.1 Å². The molecule has 100 valence electrons. The van der Waals surface area contributed by atoms with E-state index in [1.54, 1.807) is 13.8 Å². The zero-order valence-corrected chi connectivity index (χ0v) is 11.4. The number of hydrogen-bond donors (Lipinski definition) is 2. The van der Waals surface area contributed by atoms with Gasteiger partial charge in [-0.3, -0.25) is 4.79 Å². The van der Waals surface area contributed by atoms with E-state index >= 15 is 0 Å². The van der Waals surface area contributed by atoms with Gasteiger partial charge in [0.25, 0.3) is 5.91 Å². The molecule has 1 aromatic rings. The average Bonchev–Trinajstić information content (AvgIpc) is 2.28. The van der Waals surface area contributed by atoms with Crippen LogP contribution in [-0.2, 0) is 4.79 Å². The fourth-order valence-electron chi connectivity index (χ4n) is 1.65. The van der Waals surface area contributed by atoms with E-state index in [1.165, 1.54) is 0 Å². The lowest BCUT2D eigenvalue weighted by atomic mass is 10.1. The summed E-state index contributed by atoms with van der Waals surface area (Å²) in [7, 11) is 0. The Labute approximate surface area is 108 Å². The van der Waals surface area contributed by atoms with E-state index in [9.17, 15) is 9.90 Å². The monoisotopic (exact) mass is 251 g/mol. The largest absolute Gasteiger partial charge is 0.481 e. The van der Waals surface area contributed by atoms with E-state index < -0.39 is 12.2 Å². The maximum Gasteiger partial charge on any atom is 0.260 e. The highest BCUT2D eigenvalue weighted by Gasteiger charge is 2.17. The van der Waals surface area contributed by atoms with Crippen molar-refractivity contribution in [1.29, 1.82) is 0 Å². The van der Waals surface area contributed by atoms with Gasteiger partial charge in [-0.25, -0.2) is 0 Å². The maximum atomic E-state index is 11.6. The molecule has 2 N–H and O–H groups in total. The number of nitrogens with one attached hydrogen (secondary N) is 1. The van der Waals surface area contributed by atoms with Crippen molar-refractivity contribution in [3.63, 3.8) is 0 Å². The fourth-order valence-corrected chi connectivity index (χ4v) is 1.65. The lowest BCUT2D eigenvalue weighted by Gasteiger charge is -2.18. The second-order valence-corrected chi connectivity index (χ2v) is 4.37. The van der Waals surface area contributed by atoms with Gasteiger partial charge in [-0.2, -0.15) is 0 Å². The van der Waals surface area contributed by atoms with Crippen LogP contribution < -0.4 is 10.1 Å². The predicted molar refractivity (Wildman–Crippen MR) is 70.6 cm³/mol. The average molecular weight is 251 g/mol. The van der Waals surface area contributed by atoms with Crippen molar-refractivity contribution in [3.8, 4) is 5.75 Å². The van der Waals surface area contributed by atoms with E-state index in [-0.39, 0.29) is 5.91 Å². The zero-order valence-electron chi connectivity index (χ0n) is 11.4. The minimum absolute atomic E-state index is 0.157. The van der Waals surface area contributed by atoms with Crippen LogP contribution in [-0.4, -0.2) is 23.7 Å². The van der Waals surface area contributed by atoms with E-state index in [2.05, 4.69) is 5.32 Å². The Kier molecular flexibility index (Phi) is 5.16. The minimum atomic E-state index is -0.623. The summed E-state index contributed by atoms with van der Waals surface area (Å²) in [6.07, 6.45) is -1.20. The Balaban J connectivity index is 2.88. The van der Waals surface area contributed by atoms with E-state index in [1.807, 2.05) is 32.0 Å². The first-order valence-corrected chi connectivity index (χ1v) is 6.18. The number of aliphatic hydroxyl groups is 1. The smallest absolute Gasteiger partial charge is 0.260 e. The highest BCUT2D eigenvalue weighted by Crippen LogP contribution is 2.27. The van der Waals surface area contributed by atoms with Gasteiger partial charge >= 0.3 is 0 Å². The molecular formula is C14H21NO3. The van der Waals surface area contributed by atoms with Gasteiger partial charge in [0.2, 0.25) is 0 Å². The normalized spacial score (nSPS) is 13.8. The SMILES string of the molecule is CCNC(=O)C(C)Oc1cc(C)ccc1[C@@H](C)O. The Morgan fingerprint density at radius 1 is 1.44 bits per heavy atom. The van der Waals surface area contributed by atoms with E-state index in [0.717, 1.165) is 5.56 Å². The van der Waals surface area contributed by atoms with Gasteiger partial charge in [-0.15, -0.1) is 0 Å². The molecule has 0 fully saturated rings. The van der Waals surface area contributed by atoms with Crippen LogP contribution in [0.4, 0.5) is 0 Å². The first kappa shape index (κ1) is 14.5. The third-order valence-corrected chi connectivity index (χ3v) is 2.64. The number of rotatable bonds is 5. The molecule has 0 heterocycles. The number of ether oxygens (including phenoxy) is 1. The highest BCUT2D eigenvalue weighted by atomic mass is 16.5. The Morgan fingerprint density at radius 3 is 2.67 bits per heavy atom. The molecule has 1 amide bonds. The third kappa shape index (κ3) is 3.74. The van der Waals surface area contributed by atoms with Crippen LogP contribution in [0.3, 0.4) is 0 Å². The van der Waals surface area contributed by atoms with Crippen LogP contribution in [0.25, 0.3) is 0 Å². The first-order chi connectivity index (χ1) is 8.45. The molecule has 1 rings (SSSR count). The number of hydrogen-bond acceptors (Lipinski definition) is 3. The van der Waals surface area contributed by atoms with Gasteiger partial charge < -0.3 is 15.2 Å². The quantitative estimate of drug-likeness (QED) is 0.841. The van der Waals surface area contributed by atoms with Crippen LogP contribution in [0.1, 0.15) is 38.0 Å². The number of carbonyl (C=O) groups excluding carboxylic acids is 1. The van der Waals surface area contributed by atoms with Gasteiger partial charge in [0.1, 0.15) is 5.75 Å². The highest BCUT2D eigenvalue weighted by molar-refractivity contribution is 5.80. The summed E-state index contributed by atoms with van der Waals surface area (Å²) in [5.41, 5.74) is 1.72. The molecule has 2 atom stereocenters.